The molecule has 30 heavy (non-hydrogen) atoms. The number of nitrogens with one attached hydrogen (secondary N) is 2. The highest BCUT2D eigenvalue weighted by Crippen LogP contribution is 2.49. The van der Waals surface area contributed by atoms with Gasteiger partial charge in [0.05, 0.1) is 10.3 Å². The van der Waals surface area contributed by atoms with Gasteiger partial charge in [-0.2, -0.15) is 0 Å². The maximum absolute atomic E-state index is 13.0. The number of hydrogen-bond acceptors (Lipinski definition) is 3. The van der Waals surface area contributed by atoms with E-state index < -0.39 is 15.4 Å². The molecule has 0 spiro atoms. The highest BCUT2D eigenvalue weighted by molar-refractivity contribution is 7.89. The van der Waals surface area contributed by atoms with Crippen molar-refractivity contribution in [3.63, 3.8) is 0 Å². The highest BCUT2D eigenvalue weighted by atomic mass is 35.5. The molecule has 5 nitrogen and oxygen atoms in total. The van der Waals surface area contributed by atoms with Crippen molar-refractivity contribution in [3.8, 4) is 11.1 Å². The lowest BCUT2D eigenvalue weighted by molar-refractivity contribution is -0.118. The lowest BCUT2D eigenvalue weighted by Gasteiger charge is -2.16. The van der Waals surface area contributed by atoms with Crippen molar-refractivity contribution in [1.82, 2.24) is 4.72 Å². The van der Waals surface area contributed by atoms with Crippen LogP contribution >= 0.6 is 11.6 Å². The Morgan fingerprint density at radius 2 is 1.63 bits per heavy atom. The molecule has 1 aliphatic rings. The molecular formula is C23H25ClN2O3S. The zero-order chi connectivity index (χ0) is 21.4. The number of sulfonamides is 1. The van der Waals surface area contributed by atoms with E-state index in [-0.39, 0.29) is 13.7 Å². The van der Waals surface area contributed by atoms with Crippen LogP contribution < -0.4 is 10.0 Å². The summed E-state index contributed by atoms with van der Waals surface area (Å²) in [6.45, 7) is 0. The van der Waals surface area contributed by atoms with E-state index in [1.165, 1.54) is 7.05 Å². The largest absolute Gasteiger partial charge is 0.325 e. The van der Waals surface area contributed by atoms with Crippen molar-refractivity contribution < 1.29 is 16.1 Å². The molecule has 0 bridgehead atoms. The van der Waals surface area contributed by atoms with Gasteiger partial charge < -0.3 is 5.32 Å². The molecule has 0 unspecified atom stereocenters. The summed E-state index contributed by atoms with van der Waals surface area (Å²) in [5.74, 6) is -0.0302. The Bertz CT molecular complexity index is 1200. The molecule has 1 aliphatic carbocycles. The predicted octanol–water partition coefficient (Wildman–Crippen LogP) is 5.08. The summed E-state index contributed by atoms with van der Waals surface area (Å²) in [5, 5.41) is 3.68. The maximum atomic E-state index is 13.0. The summed E-state index contributed by atoms with van der Waals surface area (Å²) in [7, 11) is -2.09. The third kappa shape index (κ3) is 3.99. The Morgan fingerprint density at radius 1 is 0.967 bits per heavy atom. The minimum Gasteiger partial charge on any atom is -0.325 e. The first-order valence-corrected chi connectivity index (χ1v) is 11.4. The van der Waals surface area contributed by atoms with Crippen LogP contribution in [0, 0.1) is 0 Å². The average molecular weight is 445 g/mol. The van der Waals surface area contributed by atoms with Crippen molar-refractivity contribution >= 4 is 33.2 Å². The van der Waals surface area contributed by atoms with E-state index in [1.807, 2.05) is 48.5 Å². The highest BCUT2D eigenvalue weighted by Gasteiger charge is 2.51. The van der Waals surface area contributed by atoms with Gasteiger partial charge in [0.1, 0.15) is 0 Å². The maximum Gasteiger partial charge on any atom is 0.240 e. The zero-order valence-electron chi connectivity index (χ0n) is 16.4. The van der Waals surface area contributed by atoms with Crippen LogP contribution in [0.3, 0.4) is 0 Å². The first-order chi connectivity index (χ1) is 14.3. The molecular weight excluding hydrogens is 420 g/mol. The van der Waals surface area contributed by atoms with Gasteiger partial charge in [0.15, 0.2) is 0 Å². The number of amides is 1. The molecule has 0 saturated heterocycles. The smallest absolute Gasteiger partial charge is 0.240 e. The molecule has 1 saturated carbocycles. The van der Waals surface area contributed by atoms with Crippen molar-refractivity contribution in [2.75, 3.05) is 12.4 Å². The van der Waals surface area contributed by atoms with Gasteiger partial charge in [-0.1, -0.05) is 48.0 Å². The molecule has 0 atom stereocenters. The normalized spacial score (nSPS) is 14.9. The van der Waals surface area contributed by atoms with Gasteiger partial charge in [0.2, 0.25) is 15.9 Å². The molecule has 3 aromatic rings. The molecule has 4 rings (SSSR count). The monoisotopic (exact) mass is 444 g/mol. The molecule has 7 heteroatoms. The Morgan fingerprint density at radius 3 is 2.23 bits per heavy atom. The number of carbonyl (C=O) groups excluding carboxylic acids is 1. The summed E-state index contributed by atoms with van der Waals surface area (Å²) in [6.07, 6.45) is 1.61. The Kier molecular flexibility index (Phi) is 5.40. The molecule has 0 radical (unpaired) electrons. The van der Waals surface area contributed by atoms with E-state index in [2.05, 4.69) is 10.0 Å². The van der Waals surface area contributed by atoms with E-state index in [9.17, 15) is 13.2 Å². The van der Waals surface area contributed by atoms with E-state index in [0.717, 1.165) is 29.5 Å². The summed E-state index contributed by atoms with van der Waals surface area (Å²) in [5.41, 5.74) is 2.92. The van der Waals surface area contributed by atoms with Crippen LogP contribution in [0.5, 0.6) is 0 Å². The number of anilines is 1. The van der Waals surface area contributed by atoms with Crippen LogP contribution in [0.2, 0.25) is 5.02 Å². The summed E-state index contributed by atoms with van der Waals surface area (Å²) < 4.78 is 26.1. The van der Waals surface area contributed by atoms with Crippen LogP contribution in [0.15, 0.2) is 77.7 Å². The third-order valence-corrected chi connectivity index (χ3v) is 7.15. The van der Waals surface area contributed by atoms with Gasteiger partial charge in [-0.25, -0.2) is 13.1 Å². The number of benzene rings is 3. The summed E-state index contributed by atoms with van der Waals surface area (Å²) >= 11 is 5.97. The van der Waals surface area contributed by atoms with Crippen molar-refractivity contribution in [2.24, 2.45) is 0 Å². The molecule has 3 aromatic carbocycles. The number of rotatable bonds is 6. The molecule has 0 aromatic heterocycles. The minimum atomic E-state index is -3.48. The van der Waals surface area contributed by atoms with E-state index in [4.69, 9.17) is 11.6 Å². The van der Waals surface area contributed by atoms with E-state index in [0.29, 0.717) is 10.7 Å². The molecule has 158 valence electrons. The van der Waals surface area contributed by atoms with E-state index >= 15 is 0 Å². The molecule has 1 amide bonds. The van der Waals surface area contributed by atoms with Crippen LogP contribution in [0.4, 0.5) is 5.69 Å². The topological polar surface area (TPSA) is 75.3 Å². The first kappa shape index (κ1) is 20.6. The second-order valence-corrected chi connectivity index (χ2v) is 9.68. The molecule has 1 fully saturated rings. The second kappa shape index (κ2) is 7.87. The van der Waals surface area contributed by atoms with Crippen LogP contribution in [0.25, 0.3) is 11.1 Å². The lowest BCUT2D eigenvalue weighted by atomic mass is 9.95. The fourth-order valence-corrected chi connectivity index (χ4v) is 4.37. The van der Waals surface area contributed by atoms with Gasteiger partial charge in [-0.05, 0) is 73.0 Å². The number of carbonyl (C=O) groups is 1. The Labute approximate surface area is 184 Å². The predicted molar refractivity (Wildman–Crippen MR) is 123 cm³/mol. The fourth-order valence-electron chi connectivity index (χ4n) is 3.51. The van der Waals surface area contributed by atoms with Gasteiger partial charge in [0.25, 0.3) is 0 Å². The average Bonchev–Trinajstić information content (AvgIpc) is 3.57. The molecule has 2 N–H and O–H groups in total. The van der Waals surface area contributed by atoms with Gasteiger partial charge in [0, 0.05) is 13.6 Å². The van der Waals surface area contributed by atoms with E-state index in [1.54, 1.807) is 24.3 Å². The quantitative estimate of drug-likeness (QED) is 0.556. The molecule has 0 aliphatic heterocycles. The van der Waals surface area contributed by atoms with Gasteiger partial charge in [-0.3, -0.25) is 4.79 Å². The number of halogens is 1. The van der Waals surface area contributed by atoms with Crippen molar-refractivity contribution in [3.05, 3.63) is 83.4 Å². The van der Waals surface area contributed by atoms with Crippen LogP contribution in [-0.4, -0.2) is 21.4 Å². The Hall–Kier alpha value is -2.67. The number of hydrogen-bond donors (Lipinski definition) is 2. The van der Waals surface area contributed by atoms with Gasteiger partial charge >= 0.3 is 0 Å². The van der Waals surface area contributed by atoms with Gasteiger partial charge in [-0.15, -0.1) is 0 Å². The summed E-state index contributed by atoms with van der Waals surface area (Å²) in [6, 6.07) is 21.6. The van der Waals surface area contributed by atoms with Crippen LogP contribution in [-0.2, 0) is 20.2 Å². The fraction of sp³-hybridized carbons (Fsp3) is 0.174. The van der Waals surface area contributed by atoms with Crippen LogP contribution in [0.1, 0.15) is 21.3 Å². The molecule has 0 heterocycles. The van der Waals surface area contributed by atoms with Crippen molar-refractivity contribution in [2.45, 2.75) is 23.2 Å². The van der Waals surface area contributed by atoms with Crippen molar-refractivity contribution in [1.29, 1.82) is 0 Å². The summed E-state index contributed by atoms with van der Waals surface area (Å²) in [4.78, 5) is 13.2. The zero-order valence-corrected chi connectivity index (χ0v) is 17.9. The third-order valence-electron chi connectivity index (χ3n) is 5.47. The standard InChI is InChI=1S/C23H21ClN2O3S.2H2/c1-25-30(28,29)21-11-5-16(6-12-21)17-3-2-4-20(15-17)26-22(27)23(13-14-23)18-7-9-19(24)10-8-18;;/h2-12,15,25H,13-14H2,1H3,(H,26,27);2*1H. The Balaban J connectivity index is 0.00000181. The minimum absolute atomic E-state index is 0. The second-order valence-electron chi connectivity index (χ2n) is 7.36. The lowest BCUT2D eigenvalue weighted by Crippen LogP contribution is -2.27. The SMILES string of the molecule is CNS(=O)(=O)c1ccc(-c2cccc(NC(=O)C3(c4ccc(Cl)cc4)CC3)c2)cc1.[HH].[HH]. The first-order valence-electron chi connectivity index (χ1n) is 9.56.